The normalized spacial score (nSPS) is 13.2. The van der Waals surface area contributed by atoms with Crippen LogP contribution in [-0.2, 0) is 20.7 Å². The van der Waals surface area contributed by atoms with Gasteiger partial charge in [-0.25, -0.2) is 9.59 Å². The lowest BCUT2D eigenvalue weighted by molar-refractivity contribution is -0.280. The van der Waals surface area contributed by atoms with E-state index in [-0.39, 0.29) is 5.56 Å². The molecule has 1 aromatic carbocycles. The van der Waals surface area contributed by atoms with E-state index in [1.54, 1.807) is 0 Å². The maximum Gasteiger partial charge on any atom is 0.465 e. The number of rotatable bonds is 6. The minimum Gasteiger partial charge on any atom is -0.461 e. The van der Waals surface area contributed by atoms with Gasteiger partial charge in [0, 0.05) is 6.42 Å². The molecule has 14 heteroatoms. The first-order chi connectivity index (χ1) is 12.5. The predicted molar refractivity (Wildman–Crippen MR) is 68.7 cm³/mol. The third-order valence-corrected chi connectivity index (χ3v) is 2.98. The van der Waals surface area contributed by atoms with Gasteiger partial charge in [0.2, 0.25) is 0 Å². The summed E-state index contributed by atoms with van der Waals surface area (Å²) < 4.78 is 130. The van der Waals surface area contributed by atoms with Crippen LogP contribution in [-0.4, -0.2) is 42.7 Å². The molecule has 0 amide bonds. The number of hydrogen-bond acceptors (Lipinski definition) is 4. The molecule has 0 aliphatic rings. The van der Waals surface area contributed by atoms with Crippen LogP contribution in [0, 0.1) is 0 Å². The fraction of sp³-hybridized carbons (Fsp3) is 0.429. The molecule has 0 aliphatic heterocycles. The number of alkyl halides is 10. The van der Waals surface area contributed by atoms with Crippen molar-refractivity contribution in [1.29, 1.82) is 0 Å². The van der Waals surface area contributed by atoms with Crippen LogP contribution in [0.15, 0.2) is 24.3 Å². The number of halogens is 10. The summed E-state index contributed by atoms with van der Waals surface area (Å²) in [6, 6.07) is 3.44. The van der Waals surface area contributed by atoms with Gasteiger partial charge >= 0.3 is 36.1 Å². The van der Waals surface area contributed by atoms with Gasteiger partial charge in [0.15, 0.2) is 0 Å². The van der Waals surface area contributed by atoms with Gasteiger partial charge in [0.25, 0.3) is 0 Å². The molecule has 0 aliphatic carbocycles. The van der Waals surface area contributed by atoms with E-state index in [1.165, 1.54) is 0 Å². The van der Waals surface area contributed by atoms with Crippen LogP contribution in [0.2, 0.25) is 0 Å². The minimum atomic E-state index is -6.17. The Morgan fingerprint density at radius 3 is 1.57 bits per heavy atom. The zero-order valence-corrected chi connectivity index (χ0v) is 13.1. The summed E-state index contributed by atoms with van der Waals surface area (Å²) in [6.07, 6.45) is -12.7. The van der Waals surface area contributed by atoms with Gasteiger partial charge in [-0.1, -0.05) is 12.1 Å². The summed E-state index contributed by atoms with van der Waals surface area (Å²) in [7, 11) is 0. The van der Waals surface area contributed by atoms with Crippen molar-refractivity contribution in [3.63, 3.8) is 0 Å². The fourth-order valence-corrected chi connectivity index (χ4v) is 1.48. The van der Waals surface area contributed by atoms with Crippen LogP contribution < -0.4 is 4.74 Å². The molecule has 1 rings (SSSR count). The largest absolute Gasteiger partial charge is 0.465 e. The number of esters is 2. The van der Waals surface area contributed by atoms with E-state index in [2.05, 4.69) is 9.47 Å². The molecule has 0 atom stereocenters. The zero-order chi connectivity index (χ0) is 22.0. The van der Waals surface area contributed by atoms with Crippen LogP contribution >= 0.6 is 0 Å². The zero-order valence-electron chi connectivity index (χ0n) is 13.1. The molecule has 158 valence electrons. The molecule has 0 bridgehead atoms. The van der Waals surface area contributed by atoms with Crippen LogP contribution in [0.1, 0.15) is 5.56 Å². The lowest BCUT2D eigenvalue weighted by Crippen LogP contribution is -2.46. The van der Waals surface area contributed by atoms with E-state index in [1.807, 2.05) is 0 Å². The Bertz CT molecular complexity index is 706. The SMILES string of the molecule is O=C(OCCc1ccc(OC(=O)C(F)(F)C(F)(F)F)cc1)C(F)(F)C(F)(F)F. The van der Waals surface area contributed by atoms with Crippen LogP contribution in [0.25, 0.3) is 0 Å². The van der Waals surface area contributed by atoms with Crippen molar-refractivity contribution in [3.05, 3.63) is 29.8 Å². The molecule has 0 saturated heterocycles. The molecule has 0 heterocycles. The van der Waals surface area contributed by atoms with Gasteiger partial charge in [0.1, 0.15) is 5.75 Å². The molecule has 4 nitrogen and oxygen atoms in total. The molecule has 0 fully saturated rings. The van der Waals surface area contributed by atoms with E-state index in [0.717, 1.165) is 24.3 Å². The number of carbonyl (C=O) groups is 2. The van der Waals surface area contributed by atoms with Crippen molar-refractivity contribution in [2.45, 2.75) is 30.6 Å². The Kier molecular flexibility index (Phi) is 6.57. The quantitative estimate of drug-likeness (QED) is 0.388. The first kappa shape index (κ1) is 23.5. The third-order valence-electron chi connectivity index (χ3n) is 2.98. The Morgan fingerprint density at radius 1 is 0.714 bits per heavy atom. The van der Waals surface area contributed by atoms with Crippen LogP contribution in [0.3, 0.4) is 0 Å². The smallest absolute Gasteiger partial charge is 0.461 e. The summed E-state index contributed by atoms with van der Waals surface area (Å²) in [5.74, 6) is -17.9. The van der Waals surface area contributed by atoms with Gasteiger partial charge in [-0.3, -0.25) is 0 Å². The molecular weight excluding hydrogens is 422 g/mol. The van der Waals surface area contributed by atoms with Crippen LogP contribution in [0.4, 0.5) is 43.9 Å². The Hall–Kier alpha value is -2.54. The second kappa shape index (κ2) is 7.83. The summed E-state index contributed by atoms with van der Waals surface area (Å²) >= 11 is 0. The molecule has 1 aromatic rings. The molecule has 28 heavy (non-hydrogen) atoms. The molecular formula is C14H8F10O4. The van der Waals surface area contributed by atoms with Crippen molar-refractivity contribution >= 4 is 11.9 Å². The summed E-state index contributed by atoms with van der Waals surface area (Å²) in [6.45, 7) is -0.921. The maximum absolute atomic E-state index is 12.7. The highest BCUT2D eigenvalue weighted by atomic mass is 19.4. The Labute approximate surface area is 149 Å². The van der Waals surface area contributed by atoms with E-state index in [0.29, 0.717) is 0 Å². The average Bonchev–Trinajstić information content (AvgIpc) is 2.54. The monoisotopic (exact) mass is 430 g/mol. The highest BCUT2D eigenvalue weighted by molar-refractivity contribution is 5.81. The molecule has 0 spiro atoms. The van der Waals surface area contributed by atoms with Crippen molar-refractivity contribution in [3.8, 4) is 5.75 Å². The number of benzene rings is 1. The number of hydrogen-bond donors (Lipinski definition) is 0. The Morgan fingerprint density at radius 2 is 1.14 bits per heavy atom. The van der Waals surface area contributed by atoms with E-state index in [4.69, 9.17) is 0 Å². The summed E-state index contributed by atoms with van der Waals surface area (Å²) in [5.41, 5.74) is 0.0884. The van der Waals surface area contributed by atoms with Crippen LogP contribution in [0.5, 0.6) is 5.75 Å². The molecule has 0 unspecified atom stereocenters. The van der Waals surface area contributed by atoms with E-state index in [9.17, 15) is 53.5 Å². The van der Waals surface area contributed by atoms with Crippen molar-refractivity contribution < 1.29 is 63.0 Å². The second-order valence-corrected chi connectivity index (χ2v) is 5.06. The predicted octanol–water partition coefficient (Wildman–Crippen LogP) is 4.07. The number of ether oxygens (including phenoxy) is 2. The van der Waals surface area contributed by atoms with Gasteiger partial charge in [-0.15, -0.1) is 0 Å². The molecule has 0 N–H and O–H groups in total. The molecule has 0 radical (unpaired) electrons. The fourth-order valence-electron chi connectivity index (χ4n) is 1.48. The lowest BCUT2D eigenvalue weighted by atomic mass is 10.1. The maximum atomic E-state index is 12.7. The van der Waals surface area contributed by atoms with Gasteiger partial charge < -0.3 is 9.47 Å². The third kappa shape index (κ3) is 5.25. The van der Waals surface area contributed by atoms with Crippen molar-refractivity contribution in [2.75, 3.05) is 6.61 Å². The average molecular weight is 430 g/mol. The standard InChI is InChI=1S/C14H8F10O4/c15-11(16,13(19,20)21)9(25)27-6-5-7-1-3-8(4-2-7)28-10(26)12(17,18)14(22,23)24/h1-4H,5-6H2. The van der Waals surface area contributed by atoms with Gasteiger partial charge in [-0.2, -0.15) is 43.9 Å². The molecule has 0 aromatic heterocycles. The first-order valence-electron chi connectivity index (χ1n) is 6.87. The van der Waals surface area contributed by atoms with Crippen molar-refractivity contribution in [2.24, 2.45) is 0 Å². The van der Waals surface area contributed by atoms with Gasteiger partial charge in [0.05, 0.1) is 6.61 Å². The second-order valence-electron chi connectivity index (χ2n) is 5.06. The van der Waals surface area contributed by atoms with Gasteiger partial charge in [-0.05, 0) is 17.7 Å². The highest BCUT2D eigenvalue weighted by Gasteiger charge is 2.65. The summed E-state index contributed by atoms with van der Waals surface area (Å²) in [4.78, 5) is 21.6. The van der Waals surface area contributed by atoms with Crippen molar-refractivity contribution in [1.82, 2.24) is 0 Å². The molecule has 0 saturated carbocycles. The first-order valence-corrected chi connectivity index (χ1v) is 6.87. The lowest BCUT2D eigenvalue weighted by Gasteiger charge is -2.18. The number of carbonyl (C=O) groups excluding carboxylic acids is 2. The highest BCUT2D eigenvalue weighted by Crippen LogP contribution is 2.37. The Balaban J connectivity index is 2.63. The minimum absolute atomic E-state index is 0.0884. The van der Waals surface area contributed by atoms with E-state index < -0.39 is 54.9 Å². The summed E-state index contributed by atoms with van der Waals surface area (Å²) in [5, 5.41) is 0. The topological polar surface area (TPSA) is 52.6 Å². The van der Waals surface area contributed by atoms with E-state index >= 15 is 0 Å².